The van der Waals surface area contributed by atoms with Crippen molar-refractivity contribution in [3.8, 4) is 5.75 Å². The van der Waals surface area contributed by atoms with Crippen LogP contribution in [0.25, 0.3) is 0 Å². The summed E-state index contributed by atoms with van der Waals surface area (Å²) in [4.78, 5) is 14.6. The Hall–Kier alpha value is -1.60. The summed E-state index contributed by atoms with van der Waals surface area (Å²) in [5, 5.41) is 3.36. The number of nitrogens with zero attached hydrogens (tertiary/aromatic N) is 1. The molecule has 1 N–H and O–H groups in total. The molecule has 0 radical (unpaired) electrons. The molecule has 24 heavy (non-hydrogen) atoms. The summed E-state index contributed by atoms with van der Waals surface area (Å²) < 4.78 is 30.1. The molecule has 7 heteroatoms. The fourth-order valence-electron chi connectivity index (χ4n) is 3.10. The summed E-state index contributed by atoms with van der Waals surface area (Å²) in [5.74, 6) is -0.269. The van der Waals surface area contributed by atoms with Crippen LogP contribution in [0.5, 0.6) is 5.75 Å². The zero-order valence-electron chi connectivity index (χ0n) is 14.7. The highest BCUT2D eigenvalue weighted by atomic mass is 32.2. The molecule has 1 aliphatic heterocycles. The van der Waals surface area contributed by atoms with E-state index in [1.165, 1.54) is 19.2 Å². The summed E-state index contributed by atoms with van der Waals surface area (Å²) >= 11 is 0. The van der Waals surface area contributed by atoms with Crippen LogP contribution in [-0.4, -0.2) is 57.3 Å². The van der Waals surface area contributed by atoms with Crippen molar-refractivity contribution in [2.24, 2.45) is 5.92 Å². The summed E-state index contributed by atoms with van der Waals surface area (Å²) in [7, 11) is -1.99. The van der Waals surface area contributed by atoms with Crippen LogP contribution >= 0.6 is 0 Å². The van der Waals surface area contributed by atoms with Crippen molar-refractivity contribution in [3.05, 3.63) is 24.3 Å². The lowest BCUT2D eigenvalue weighted by Crippen LogP contribution is -2.57. The van der Waals surface area contributed by atoms with Gasteiger partial charge in [-0.3, -0.25) is 4.79 Å². The topological polar surface area (TPSA) is 75.7 Å². The zero-order chi connectivity index (χ0) is 17.9. The van der Waals surface area contributed by atoms with E-state index in [9.17, 15) is 13.2 Å². The SMILES string of the molecule is COc1ccc(S(=O)(=O)C[C@H](C)C(=O)N2C[C@H](C)N[C@@H](C)C2)cc1. The molecular weight excluding hydrogens is 328 g/mol. The van der Waals surface area contributed by atoms with Crippen LogP contribution in [0.1, 0.15) is 20.8 Å². The summed E-state index contributed by atoms with van der Waals surface area (Å²) in [6, 6.07) is 6.67. The molecule has 134 valence electrons. The number of nitrogens with one attached hydrogen (secondary N) is 1. The Morgan fingerprint density at radius 2 is 1.79 bits per heavy atom. The number of benzene rings is 1. The number of carbonyl (C=O) groups is 1. The van der Waals surface area contributed by atoms with Gasteiger partial charge >= 0.3 is 0 Å². The highest BCUT2D eigenvalue weighted by Gasteiger charge is 2.30. The van der Waals surface area contributed by atoms with Gasteiger partial charge in [0.15, 0.2) is 9.84 Å². The molecule has 0 unspecified atom stereocenters. The van der Waals surface area contributed by atoms with E-state index in [1.807, 2.05) is 13.8 Å². The van der Waals surface area contributed by atoms with Crippen molar-refractivity contribution in [2.75, 3.05) is 26.0 Å². The molecule has 1 saturated heterocycles. The van der Waals surface area contributed by atoms with Crippen LogP contribution in [0.4, 0.5) is 0 Å². The maximum atomic E-state index is 12.6. The number of amides is 1. The van der Waals surface area contributed by atoms with E-state index < -0.39 is 15.8 Å². The lowest BCUT2D eigenvalue weighted by molar-refractivity contribution is -0.136. The van der Waals surface area contributed by atoms with Crippen molar-refractivity contribution < 1.29 is 17.9 Å². The van der Waals surface area contributed by atoms with Crippen molar-refractivity contribution in [1.29, 1.82) is 0 Å². The molecular formula is C17H26N2O4S. The molecule has 2 rings (SSSR count). The highest BCUT2D eigenvalue weighted by molar-refractivity contribution is 7.91. The molecule has 0 saturated carbocycles. The Bertz CT molecular complexity index is 662. The minimum absolute atomic E-state index is 0.104. The van der Waals surface area contributed by atoms with E-state index >= 15 is 0 Å². The summed E-state index contributed by atoms with van der Waals surface area (Å²) in [6.45, 7) is 6.94. The molecule has 0 aliphatic carbocycles. The second kappa shape index (κ2) is 7.53. The Morgan fingerprint density at radius 1 is 1.25 bits per heavy atom. The van der Waals surface area contributed by atoms with Gasteiger partial charge in [0.1, 0.15) is 5.75 Å². The number of carbonyl (C=O) groups excluding carboxylic acids is 1. The Kier molecular flexibility index (Phi) is 5.87. The van der Waals surface area contributed by atoms with Gasteiger partial charge in [0.2, 0.25) is 5.91 Å². The molecule has 1 aliphatic rings. The van der Waals surface area contributed by atoms with Crippen molar-refractivity contribution in [2.45, 2.75) is 37.8 Å². The molecule has 0 aromatic heterocycles. The quantitative estimate of drug-likeness (QED) is 0.863. The molecule has 1 amide bonds. The first-order valence-corrected chi connectivity index (χ1v) is 9.80. The van der Waals surface area contributed by atoms with E-state index in [2.05, 4.69) is 5.32 Å². The molecule has 6 nitrogen and oxygen atoms in total. The molecule has 1 fully saturated rings. The zero-order valence-corrected chi connectivity index (χ0v) is 15.5. The Balaban J connectivity index is 2.06. The van der Waals surface area contributed by atoms with E-state index in [1.54, 1.807) is 24.0 Å². The van der Waals surface area contributed by atoms with E-state index in [0.29, 0.717) is 18.8 Å². The van der Waals surface area contributed by atoms with Gasteiger partial charge in [-0.05, 0) is 38.1 Å². The Morgan fingerprint density at radius 3 is 2.29 bits per heavy atom. The number of rotatable bonds is 5. The second-order valence-electron chi connectivity index (χ2n) is 6.57. The molecule has 1 heterocycles. The first-order valence-electron chi connectivity index (χ1n) is 8.14. The summed E-state index contributed by atoms with van der Waals surface area (Å²) in [5.41, 5.74) is 0. The predicted octanol–water partition coefficient (Wildman–Crippen LogP) is 1.31. The molecule has 1 aromatic rings. The number of methoxy groups -OCH3 is 1. The van der Waals surface area contributed by atoms with Crippen molar-refractivity contribution >= 4 is 15.7 Å². The largest absolute Gasteiger partial charge is 0.497 e. The van der Waals surface area contributed by atoms with Gasteiger partial charge in [-0.25, -0.2) is 8.42 Å². The minimum atomic E-state index is -3.51. The number of hydrogen-bond acceptors (Lipinski definition) is 5. The minimum Gasteiger partial charge on any atom is -0.497 e. The third kappa shape index (κ3) is 4.48. The van der Waals surface area contributed by atoms with Gasteiger partial charge in [0.25, 0.3) is 0 Å². The third-order valence-corrected chi connectivity index (χ3v) is 6.11. The van der Waals surface area contributed by atoms with Crippen molar-refractivity contribution in [1.82, 2.24) is 10.2 Å². The van der Waals surface area contributed by atoms with Gasteiger partial charge in [-0.1, -0.05) is 6.92 Å². The van der Waals surface area contributed by atoms with E-state index in [-0.39, 0.29) is 28.6 Å². The lowest BCUT2D eigenvalue weighted by Gasteiger charge is -2.37. The van der Waals surface area contributed by atoms with Crippen LogP contribution < -0.4 is 10.1 Å². The monoisotopic (exact) mass is 354 g/mol. The Labute approximate surface area is 144 Å². The first kappa shape index (κ1) is 18.7. The van der Waals surface area contributed by atoms with Gasteiger partial charge in [0, 0.05) is 31.1 Å². The van der Waals surface area contributed by atoms with Crippen LogP contribution in [0.15, 0.2) is 29.2 Å². The average Bonchev–Trinajstić information content (AvgIpc) is 2.52. The predicted molar refractivity (Wildman–Crippen MR) is 92.9 cm³/mol. The fourth-order valence-corrected chi connectivity index (χ4v) is 4.64. The third-order valence-electron chi connectivity index (χ3n) is 4.18. The maximum Gasteiger partial charge on any atom is 0.226 e. The normalized spacial score (nSPS) is 22.9. The molecule has 3 atom stereocenters. The average molecular weight is 354 g/mol. The second-order valence-corrected chi connectivity index (χ2v) is 8.60. The first-order chi connectivity index (χ1) is 11.2. The summed E-state index contributed by atoms with van der Waals surface area (Å²) in [6.07, 6.45) is 0. The van der Waals surface area contributed by atoms with Crippen LogP contribution in [0, 0.1) is 5.92 Å². The van der Waals surface area contributed by atoms with Gasteiger partial charge < -0.3 is 15.0 Å². The highest BCUT2D eigenvalue weighted by Crippen LogP contribution is 2.20. The molecule has 1 aromatic carbocycles. The smallest absolute Gasteiger partial charge is 0.226 e. The maximum absolute atomic E-state index is 12.6. The lowest BCUT2D eigenvalue weighted by atomic mass is 10.1. The number of ether oxygens (including phenoxy) is 1. The van der Waals surface area contributed by atoms with Crippen LogP contribution in [-0.2, 0) is 14.6 Å². The van der Waals surface area contributed by atoms with Gasteiger partial charge in [-0.2, -0.15) is 0 Å². The molecule has 0 spiro atoms. The fraction of sp³-hybridized carbons (Fsp3) is 0.588. The van der Waals surface area contributed by atoms with Crippen LogP contribution in [0.3, 0.4) is 0 Å². The number of sulfone groups is 1. The van der Waals surface area contributed by atoms with Crippen molar-refractivity contribution in [3.63, 3.8) is 0 Å². The number of piperazine rings is 1. The van der Waals surface area contributed by atoms with Gasteiger partial charge in [0.05, 0.1) is 17.8 Å². The van der Waals surface area contributed by atoms with Gasteiger partial charge in [-0.15, -0.1) is 0 Å². The van der Waals surface area contributed by atoms with E-state index in [0.717, 1.165) is 0 Å². The van der Waals surface area contributed by atoms with E-state index in [4.69, 9.17) is 4.74 Å². The van der Waals surface area contributed by atoms with Crippen LogP contribution in [0.2, 0.25) is 0 Å². The molecule has 0 bridgehead atoms. The standard InChI is InChI=1S/C17H26N2O4S/c1-12(17(20)19-9-13(2)18-14(3)10-19)11-24(21,22)16-7-5-15(23-4)6-8-16/h5-8,12-14,18H,9-11H2,1-4H3/t12-,13-,14-/m0/s1. The number of hydrogen-bond donors (Lipinski definition) is 1.